The fourth-order valence-electron chi connectivity index (χ4n) is 5.00. The highest BCUT2D eigenvalue weighted by Gasteiger charge is 2.43. The molecule has 2 aliphatic heterocycles. The maximum absolute atomic E-state index is 12.9. The van der Waals surface area contributed by atoms with E-state index in [4.69, 9.17) is 14.2 Å². The summed E-state index contributed by atoms with van der Waals surface area (Å²) in [6.45, 7) is 4.32. The molecule has 2 saturated heterocycles. The van der Waals surface area contributed by atoms with Crippen LogP contribution < -0.4 is 14.4 Å². The van der Waals surface area contributed by atoms with E-state index in [1.807, 2.05) is 54.6 Å². The lowest BCUT2D eigenvalue weighted by molar-refractivity contribution is 0.0376. The van der Waals surface area contributed by atoms with Gasteiger partial charge in [-0.25, -0.2) is 17.9 Å². The summed E-state index contributed by atoms with van der Waals surface area (Å²) in [7, 11) is -3.71. The Hall–Kier alpha value is -3.48. The molecule has 0 unspecified atom stereocenters. The summed E-state index contributed by atoms with van der Waals surface area (Å²) < 4.78 is 45.0. The van der Waals surface area contributed by atoms with Gasteiger partial charge >= 0.3 is 6.09 Å². The van der Waals surface area contributed by atoms with Gasteiger partial charge in [-0.3, -0.25) is 9.80 Å². The molecule has 2 fully saturated rings. The zero-order chi connectivity index (χ0) is 28.7. The number of aliphatic hydroxyl groups excluding tert-OH is 1. The van der Waals surface area contributed by atoms with Crippen LogP contribution in [0, 0.1) is 0 Å². The van der Waals surface area contributed by atoms with Gasteiger partial charge in [-0.1, -0.05) is 42.5 Å². The van der Waals surface area contributed by atoms with Gasteiger partial charge in [-0.15, -0.1) is 0 Å². The molecule has 2 N–H and O–H groups in total. The van der Waals surface area contributed by atoms with Crippen LogP contribution in [0.4, 0.5) is 10.5 Å². The number of nitrogens with one attached hydrogen (secondary N) is 1. The smallest absolute Gasteiger partial charge is 0.415 e. The van der Waals surface area contributed by atoms with Crippen LogP contribution in [0.25, 0.3) is 0 Å². The summed E-state index contributed by atoms with van der Waals surface area (Å²) in [4.78, 5) is 16.7. The first-order valence-corrected chi connectivity index (χ1v) is 15.2. The SMILES string of the molecule is O=C1O[C@H](CO)[C@@H](c2ccc(OCc3ccccc3)cc2)N1c1ccc(S(=O)(=O)NCCCN2CCOCC2)cc1. The van der Waals surface area contributed by atoms with Gasteiger partial charge < -0.3 is 19.3 Å². The predicted octanol–water partition coefficient (Wildman–Crippen LogP) is 3.33. The molecule has 1 amide bonds. The fraction of sp³-hybridized carbons (Fsp3) is 0.367. The maximum atomic E-state index is 12.9. The second-order valence-electron chi connectivity index (χ2n) is 9.96. The van der Waals surface area contributed by atoms with Crippen LogP contribution in [-0.2, 0) is 26.1 Å². The van der Waals surface area contributed by atoms with Gasteiger partial charge in [0.15, 0.2) is 6.10 Å². The minimum absolute atomic E-state index is 0.107. The Morgan fingerprint density at radius 2 is 1.66 bits per heavy atom. The quantitative estimate of drug-likeness (QED) is 0.313. The van der Waals surface area contributed by atoms with Gasteiger partial charge in [0, 0.05) is 25.3 Å². The number of morpholine rings is 1. The summed E-state index contributed by atoms with van der Waals surface area (Å²) in [6.07, 6.45) is -0.706. The van der Waals surface area contributed by atoms with Crippen molar-refractivity contribution in [3.05, 3.63) is 90.0 Å². The normalized spacial score (nSPS) is 19.7. The highest BCUT2D eigenvalue weighted by atomic mass is 32.2. The largest absolute Gasteiger partial charge is 0.489 e. The van der Waals surface area contributed by atoms with Gasteiger partial charge in [0.1, 0.15) is 18.4 Å². The monoisotopic (exact) mass is 581 g/mol. The maximum Gasteiger partial charge on any atom is 0.415 e. The molecular weight excluding hydrogens is 546 g/mol. The van der Waals surface area contributed by atoms with E-state index in [0.29, 0.717) is 44.2 Å². The van der Waals surface area contributed by atoms with Gasteiger partial charge in [-0.05, 0) is 60.5 Å². The summed E-state index contributed by atoms with van der Waals surface area (Å²) in [5.41, 5.74) is 2.26. The Bertz CT molecular complexity index is 1380. The summed E-state index contributed by atoms with van der Waals surface area (Å²) in [5, 5.41) is 9.96. The lowest BCUT2D eigenvalue weighted by atomic mass is 10.0. The number of benzene rings is 3. The molecule has 0 radical (unpaired) electrons. The van der Waals surface area contributed by atoms with Crippen molar-refractivity contribution in [1.29, 1.82) is 0 Å². The van der Waals surface area contributed by atoms with Crippen molar-refractivity contribution in [2.75, 3.05) is 50.9 Å². The molecule has 2 atom stereocenters. The number of hydrogen-bond donors (Lipinski definition) is 2. The van der Waals surface area contributed by atoms with Crippen LogP contribution >= 0.6 is 0 Å². The number of nitrogens with zero attached hydrogens (tertiary/aromatic N) is 2. The van der Waals surface area contributed by atoms with E-state index in [9.17, 15) is 18.3 Å². The molecule has 41 heavy (non-hydrogen) atoms. The molecule has 2 heterocycles. The van der Waals surface area contributed by atoms with Gasteiger partial charge in [0.2, 0.25) is 10.0 Å². The number of cyclic esters (lactones) is 1. The number of rotatable bonds is 12. The lowest BCUT2D eigenvalue weighted by Gasteiger charge is -2.26. The van der Waals surface area contributed by atoms with Crippen LogP contribution in [0.2, 0.25) is 0 Å². The average molecular weight is 582 g/mol. The van der Waals surface area contributed by atoms with Crippen LogP contribution in [0.15, 0.2) is 83.8 Å². The molecule has 0 aromatic heterocycles. The molecule has 10 nitrogen and oxygen atoms in total. The molecule has 0 bridgehead atoms. The number of anilines is 1. The van der Waals surface area contributed by atoms with Crippen LogP contribution in [0.5, 0.6) is 5.75 Å². The second kappa shape index (κ2) is 13.5. The van der Waals surface area contributed by atoms with Crippen molar-refractivity contribution in [3.63, 3.8) is 0 Å². The van der Waals surface area contributed by atoms with Crippen LogP contribution in [-0.4, -0.2) is 76.6 Å². The zero-order valence-electron chi connectivity index (χ0n) is 22.7. The first-order chi connectivity index (χ1) is 19.9. The highest BCUT2D eigenvalue weighted by Crippen LogP contribution is 2.38. The predicted molar refractivity (Wildman–Crippen MR) is 153 cm³/mol. The van der Waals surface area contributed by atoms with Crippen molar-refractivity contribution in [1.82, 2.24) is 9.62 Å². The van der Waals surface area contributed by atoms with E-state index in [2.05, 4.69) is 9.62 Å². The number of hydrogen-bond acceptors (Lipinski definition) is 8. The third kappa shape index (κ3) is 7.24. The zero-order valence-corrected chi connectivity index (χ0v) is 23.5. The molecule has 11 heteroatoms. The lowest BCUT2D eigenvalue weighted by Crippen LogP contribution is -2.38. The van der Waals surface area contributed by atoms with E-state index in [1.54, 1.807) is 12.1 Å². The summed E-state index contributed by atoms with van der Waals surface area (Å²) in [6, 6.07) is 22.6. The van der Waals surface area contributed by atoms with Crippen LogP contribution in [0.3, 0.4) is 0 Å². The van der Waals surface area contributed by atoms with Crippen molar-refractivity contribution >= 4 is 21.8 Å². The van der Waals surface area contributed by atoms with E-state index < -0.39 is 28.3 Å². The number of ether oxygens (including phenoxy) is 3. The van der Waals surface area contributed by atoms with Crippen molar-refractivity contribution < 1.29 is 32.5 Å². The van der Waals surface area contributed by atoms with Gasteiger partial charge in [0.25, 0.3) is 0 Å². The second-order valence-corrected chi connectivity index (χ2v) is 11.7. The first kappa shape index (κ1) is 29.0. The van der Waals surface area contributed by atoms with E-state index in [-0.39, 0.29) is 11.5 Å². The van der Waals surface area contributed by atoms with Crippen molar-refractivity contribution in [2.24, 2.45) is 0 Å². The molecule has 5 rings (SSSR count). The number of amides is 1. The van der Waals surface area contributed by atoms with Crippen molar-refractivity contribution in [2.45, 2.75) is 30.1 Å². The van der Waals surface area contributed by atoms with Gasteiger partial charge in [-0.2, -0.15) is 0 Å². The minimum atomic E-state index is -3.71. The Kier molecular flexibility index (Phi) is 9.53. The average Bonchev–Trinajstić information content (AvgIpc) is 3.35. The molecule has 2 aliphatic rings. The molecule has 3 aromatic carbocycles. The number of sulfonamides is 1. The van der Waals surface area contributed by atoms with E-state index in [0.717, 1.165) is 30.8 Å². The summed E-state index contributed by atoms with van der Waals surface area (Å²) >= 11 is 0. The standard InChI is InChI=1S/C30H35N3O7S/c34-21-28-29(24-7-11-26(12-8-24)39-22-23-5-2-1-3-6-23)33(30(35)40-28)25-9-13-27(14-10-25)41(36,37)31-15-4-16-32-17-19-38-20-18-32/h1-3,5-14,28-29,31,34H,4,15-22H2/t28-,29-/m1/s1. The Morgan fingerprint density at radius 3 is 2.34 bits per heavy atom. The first-order valence-electron chi connectivity index (χ1n) is 13.7. The highest BCUT2D eigenvalue weighted by molar-refractivity contribution is 7.89. The number of carbonyl (C=O) groups is 1. The Morgan fingerprint density at radius 1 is 0.951 bits per heavy atom. The molecule has 0 spiro atoms. The minimum Gasteiger partial charge on any atom is -0.489 e. The number of aliphatic hydroxyl groups is 1. The number of carbonyl (C=O) groups excluding carboxylic acids is 1. The van der Waals surface area contributed by atoms with Gasteiger partial charge in [0.05, 0.1) is 24.7 Å². The molecular formula is C30H35N3O7S. The Balaban J connectivity index is 1.24. The van der Waals surface area contributed by atoms with E-state index in [1.165, 1.54) is 17.0 Å². The topological polar surface area (TPSA) is 118 Å². The molecule has 0 saturated carbocycles. The van der Waals surface area contributed by atoms with Crippen molar-refractivity contribution in [3.8, 4) is 5.75 Å². The molecule has 218 valence electrons. The fourth-order valence-corrected chi connectivity index (χ4v) is 6.08. The molecule has 3 aromatic rings. The van der Waals surface area contributed by atoms with Crippen LogP contribution in [0.1, 0.15) is 23.6 Å². The van der Waals surface area contributed by atoms with E-state index >= 15 is 0 Å². The molecule has 0 aliphatic carbocycles. The third-order valence-corrected chi connectivity index (χ3v) is 8.68. The summed E-state index contributed by atoms with van der Waals surface area (Å²) in [5.74, 6) is 0.668. The Labute approximate surface area is 240 Å². The third-order valence-electron chi connectivity index (χ3n) is 7.20.